The number of nitrogens with one attached hydrogen (secondary N) is 2. The SMILES string of the molecule is O=C(O)CCCCCCNC(=O)c1[nH]c2cc(Cl)ccc2c1-c1c(Cc2ccc(Cl)cc2)cnn1-c1ccc(F)cc1. The zero-order chi connectivity index (χ0) is 29.6. The van der Waals surface area contributed by atoms with Gasteiger partial charge in [-0.3, -0.25) is 9.59 Å². The van der Waals surface area contributed by atoms with E-state index in [1.54, 1.807) is 35.1 Å². The summed E-state index contributed by atoms with van der Waals surface area (Å²) in [5, 5.41) is 18.5. The van der Waals surface area contributed by atoms with Crippen LogP contribution in [0.15, 0.2) is 72.9 Å². The smallest absolute Gasteiger partial charge is 0.303 e. The number of halogens is 3. The minimum absolute atomic E-state index is 0.146. The fourth-order valence-corrected chi connectivity index (χ4v) is 5.31. The second-order valence-corrected chi connectivity index (χ2v) is 11.0. The first-order valence-corrected chi connectivity index (χ1v) is 14.4. The molecule has 0 atom stereocenters. The molecule has 5 rings (SSSR count). The topological polar surface area (TPSA) is 100 Å². The van der Waals surface area contributed by atoms with Crippen molar-refractivity contribution < 1.29 is 19.1 Å². The molecule has 10 heteroatoms. The number of carboxylic acid groups (broad SMARTS) is 1. The van der Waals surface area contributed by atoms with E-state index in [0.717, 1.165) is 35.8 Å². The quantitative estimate of drug-likeness (QED) is 0.126. The maximum atomic E-state index is 13.8. The minimum Gasteiger partial charge on any atom is -0.481 e. The number of rotatable bonds is 12. The lowest BCUT2D eigenvalue weighted by molar-refractivity contribution is -0.137. The molecular formula is C32H29Cl2FN4O3. The number of carbonyl (C=O) groups is 2. The Morgan fingerprint density at radius 2 is 1.64 bits per heavy atom. The van der Waals surface area contributed by atoms with Gasteiger partial charge in [-0.2, -0.15) is 5.10 Å². The molecule has 2 aromatic heterocycles. The third kappa shape index (κ3) is 6.83. The zero-order valence-electron chi connectivity index (χ0n) is 22.7. The fourth-order valence-electron chi connectivity index (χ4n) is 5.01. The monoisotopic (exact) mass is 606 g/mol. The average molecular weight is 608 g/mol. The molecule has 0 unspecified atom stereocenters. The molecule has 42 heavy (non-hydrogen) atoms. The molecule has 0 radical (unpaired) electrons. The summed E-state index contributed by atoms with van der Waals surface area (Å²) in [6.07, 6.45) is 5.36. The van der Waals surface area contributed by atoms with Gasteiger partial charge in [0.1, 0.15) is 11.5 Å². The third-order valence-electron chi connectivity index (χ3n) is 7.05. The van der Waals surface area contributed by atoms with E-state index in [1.165, 1.54) is 12.1 Å². The van der Waals surface area contributed by atoms with Crippen LogP contribution in [0.4, 0.5) is 4.39 Å². The summed E-state index contributed by atoms with van der Waals surface area (Å²) in [5.74, 6) is -1.45. The van der Waals surface area contributed by atoms with E-state index >= 15 is 0 Å². The molecular weight excluding hydrogens is 578 g/mol. The van der Waals surface area contributed by atoms with Crippen molar-refractivity contribution in [2.24, 2.45) is 0 Å². The number of aromatic nitrogens is 3. The van der Waals surface area contributed by atoms with Crippen molar-refractivity contribution in [1.82, 2.24) is 20.1 Å². The molecule has 0 saturated carbocycles. The number of aromatic amines is 1. The van der Waals surface area contributed by atoms with Gasteiger partial charge < -0.3 is 15.4 Å². The van der Waals surface area contributed by atoms with Gasteiger partial charge in [-0.25, -0.2) is 9.07 Å². The van der Waals surface area contributed by atoms with Gasteiger partial charge in [0.2, 0.25) is 0 Å². The van der Waals surface area contributed by atoms with Crippen molar-refractivity contribution in [2.75, 3.05) is 6.54 Å². The van der Waals surface area contributed by atoms with Crippen LogP contribution >= 0.6 is 23.2 Å². The Morgan fingerprint density at radius 1 is 0.929 bits per heavy atom. The molecule has 0 spiro atoms. The largest absolute Gasteiger partial charge is 0.481 e. The molecule has 3 N–H and O–H groups in total. The number of aliphatic carboxylic acids is 1. The van der Waals surface area contributed by atoms with E-state index in [1.807, 2.05) is 30.3 Å². The molecule has 0 fully saturated rings. The van der Waals surface area contributed by atoms with E-state index in [2.05, 4.69) is 15.4 Å². The van der Waals surface area contributed by atoms with Crippen molar-refractivity contribution in [3.05, 3.63) is 106 Å². The summed E-state index contributed by atoms with van der Waals surface area (Å²) >= 11 is 12.4. The number of carboxylic acids is 1. The highest BCUT2D eigenvalue weighted by molar-refractivity contribution is 6.31. The van der Waals surface area contributed by atoms with Crippen LogP contribution in [0.1, 0.15) is 53.7 Å². The van der Waals surface area contributed by atoms with Gasteiger partial charge in [0.15, 0.2) is 0 Å². The Morgan fingerprint density at radius 3 is 2.38 bits per heavy atom. The average Bonchev–Trinajstić information content (AvgIpc) is 3.54. The van der Waals surface area contributed by atoms with E-state index < -0.39 is 5.97 Å². The predicted molar refractivity (Wildman–Crippen MR) is 163 cm³/mol. The van der Waals surface area contributed by atoms with Gasteiger partial charge in [0.25, 0.3) is 5.91 Å². The summed E-state index contributed by atoms with van der Waals surface area (Å²) in [6.45, 7) is 0.441. The standard InChI is InChI=1S/C32H29Cl2FN4O3/c33-22-8-6-20(7-9-22)17-21-19-37-39(25-13-11-24(35)12-14-25)31(21)29-26-15-10-23(34)18-27(26)38-30(29)32(42)36-16-4-2-1-3-5-28(40)41/h6-15,18-19,38H,1-5,16-17H2,(H,36,42)(H,40,41). The second-order valence-electron chi connectivity index (χ2n) is 10.1. The van der Waals surface area contributed by atoms with Crippen LogP contribution in [-0.4, -0.2) is 38.3 Å². The highest BCUT2D eigenvalue weighted by atomic mass is 35.5. The Bertz CT molecular complexity index is 1710. The second kappa shape index (κ2) is 13.2. The molecule has 0 saturated heterocycles. The fraction of sp³-hybridized carbons (Fsp3) is 0.219. The number of carbonyl (C=O) groups excluding carboxylic acids is 1. The van der Waals surface area contributed by atoms with Gasteiger partial charge in [0.05, 0.1) is 17.6 Å². The molecule has 2 heterocycles. The molecule has 0 aliphatic rings. The van der Waals surface area contributed by atoms with Crippen LogP contribution in [0.3, 0.4) is 0 Å². The predicted octanol–water partition coefficient (Wildman–Crippen LogP) is 7.82. The number of nitrogens with zero attached hydrogens (tertiary/aromatic N) is 2. The van der Waals surface area contributed by atoms with Gasteiger partial charge in [-0.05, 0) is 66.9 Å². The van der Waals surface area contributed by atoms with E-state index in [0.29, 0.717) is 57.6 Å². The molecule has 216 valence electrons. The molecule has 3 aromatic carbocycles. The Balaban J connectivity index is 1.54. The van der Waals surface area contributed by atoms with E-state index in [4.69, 9.17) is 28.3 Å². The van der Waals surface area contributed by atoms with E-state index in [9.17, 15) is 14.0 Å². The van der Waals surface area contributed by atoms with Gasteiger partial charge in [0, 0.05) is 51.5 Å². The lowest BCUT2D eigenvalue weighted by atomic mass is 9.98. The van der Waals surface area contributed by atoms with Crippen molar-refractivity contribution in [3.63, 3.8) is 0 Å². The summed E-state index contributed by atoms with van der Waals surface area (Å²) in [5.41, 5.74) is 4.93. The third-order valence-corrected chi connectivity index (χ3v) is 7.54. The number of fused-ring (bicyclic) bond motifs is 1. The minimum atomic E-state index is -0.801. The Hall–Kier alpha value is -4.14. The first-order valence-electron chi connectivity index (χ1n) is 13.7. The summed E-state index contributed by atoms with van der Waals surface area (Å²) in [7, 11) is 0. The lowest BCUT2D eigenvalue weighted by Crippen LogP contribution is -2.25. The molecule has 5 aromatic rings. The van der Waals surface area contributed by atoms with Crippen molar-refractivity contribution in [1.29, 1.82) is 0 Å². The Kier molecular flexibility index (Phi) is 9.25. The number of benzene rings is 3. The highest BCUT2D eigenvalue weighted by Gasteiger charge is 2.25. The number of hydrogen-bond acceptors (Lipinski definition) is 3. The van der Waals surface area contributed by atoms with Crippen LogP contribution in [0.2, 0.25) is 10.0 Å². The number of unbranched alkanes of at least 4 members (excludes halogenated alkanes) is 3. The highest BCUT2D eigenvalue weighted by Crippen LogP contribution is 2.38. The molecule has 7 nitrogen and oxygen atoms in total. The van der Waals surface area contributed by atoms with Crippen LogP contribution < -0.4 is 5.32 Å². The van der Waals surface area contributed by atoms with Gasteiger partial charge in [-0.1, -0.05) is 54.2 Å². The van der Waals surface area contributed by atoms with Crippen molar-refractivity contribution >= 4 is 46.0 Å². The van der Waals surface area contributed by atoms with Gasteiger partial charge >= 0.3 is 5.97 Å². The maximum Gasteiger partial charge on any atom is 0.303 e. The summed E-state index contributed by atoms with van der Waals surface area (Å²) in [4.78, 5) is 27.6. The Labute approximate surface area is 252 Å². The van der Waals surface area contributed by atoms with Crippen molar-refractivity contribution in [2.45, 2.75) is 38.5 Å². The molecule has 0 aliphatic heterocycles. The maximum absolute atomic E-state index is 13.8. The summed E-state index contributed by atoms with van der Waals surface area (Å²) < 4.78 is 15.6. The first-order chi connectivity index (χ1) is 20.3. The van der Waals surface area contributed by atoms with Crippen LogP contribution in [-0.2, 0) is 11.2 Å². The number of amides is 1. The summed E-state index contributed by atoms with van der Waals surface area (Å²) in [6, 6.07) is 19.0. The van der Waals surface area contributed by atoms with Crippen LogP contribution in [0.25, 0.3) is 27.8 Å². The number of H-pyrrole nitrogens is 1. The van der Waals surface area contributed by atoms with Crippen molar-refractivity contribution in [3.8, 4) is 16.9 Å². The normalized spacial score (nSPS) is 11.2. The molecule has 0 aliphatic carbocycles. The van der Waals surface area contributed by atoms with E-state index in [-0.39, 0.29) is 18.1 Å². The molecule has 0 bridgehead atoms. The van der Waals surface area contributed by atoms with Crippen LogP contribution in [0.5, 0.6) is 0 Å². The lowest BCUT2D eigenvalue weighted by Gasteiger charge is -2.13. The number of hydrogen-bond donors (Lipinski definition) is 3. The molecule has 1 amide bonds. The first kappa shape index (κ1) is 29.4. The zero-order valence-corrected chi connectivity index (χ0v) is 24.2. The van der Waals surface area contributed by atoms with Gasteiger partial charge in [-0.15, -0.1) is 0 Å². The van der Waals surface area contributed by atoms with Crippen LogP contribution in [0, 0.1) is 5.82 Å².